The van der Waals surface area contributed by atoms with Crippen molar-refractivity contribution < 1.29 is 22.7 Å². The number of methoxy groups -OCH3 is 1. The van der Waals surface area contributed by atoms with E-state index in [9.17, 15) is 18.0 Å². The van der Waals surface area contributed by atoms with Crippen molar-refractivity contribution in [1.82, 2.24) is 14.8 Å². The summed E-state index contributed by atoms with van der Waals surface area (Å²) in [5, 5.41) is 2.99. The molecule has 9 nitrogen and oxygen atoms in total. The number of rotatable bonds is 5. The van der Waals surface area contributed by atoms with Crippen LogP contribution >= 0.6 is 11.3 Å². The SMILES string of the molecule is COCCN(C(=O)C(=O)Nc1nc2c(s1)CN(C)CC2)C1CCS(=O)(=O)C1. The van der Waals surface area contributed by atoms with E-state index in [1.165, 1.54) is 23.3 Å². The molecule has 1 fully saturated rings. The van der Waals surface area contributed by atoms with Gasteiger partial charge < -0.3 is 14.5 Å². The van der Waals surface area contributed by atoms with E-state index in [2.05, 4.69) is 15.2 Å². The third-order valence-electron chi connectivity index (χ3n) is 4.78. The molecule has 0 aliphatic carbocycles. The molecule has 3 heterocycles. The van der Waals surface area contributed by atoms with Crippen LogP contribution in [0, 0.1) is 0 Å². The van der Waals surface area contributed by atoms with Gasteiger partial charge in [-0.05, 0) is 13.5 Å². The van der Waals surface area contributed by atoms with Gasteiger partial charge in [-0.15, -0.1) is 11.3 Å². The summed E-state index contributed by atoms with van der Waals surface area (Å²) in [6.45, 7) is 2.08. The molecule has 1 aromatic heterocycles. The number of likely N-dealkylation sites (N-methyl/N-ethyl adjacent to an activating group) is 1. The molecular formula is C16H24N4O5S2. The zero-order valence-corrected chi connectivity index (χ0v) is 17.1. The summed E-state index contributed by atoms with van der Waals surface area (Å²) in [6, 6.07) is -0.499. The van der Waals surface area contributed by atoms with Gasteiger partial charge in [0.15, 0.2) is 15.0 Å². The third kappa shape index (κ3) is 4.84. The first-order chi connectivity index (χ1) is 12.8. The van der Waals surface area contributed by atoms with Gasteiger partial charge >= 0.3 is 11.8 Å². The molecule has 0 saturated carbocycles. The van der Waals surface area contributed by atoms with Crippen LogP contribution in [-0.2, 0) is 37.1 Å². The molecule has 1 aromatic rings. The molecule has 0 bridgehead atoms. The number of amides is 2. The topological polar surface area (TPSA) is 109 Å². The number of sulfone groups is 1. The smallest absolute Gasteiger partial charge is 0.315 e. The molecule has 1 N–H and O–H groups in total. The Kier molecular flexibility index (Phi) is 6.14. The van der Waals surface area contributed by atoms with E-state index in [0.29, 0.717) is 11.6 Å². The van der Waals surface area contributed by atoms with E-state index in [0.717, 1.165) is 30.1 Å². The molecule has 11 heteroatoms. The monoisotopic (exact) mass is 416 g/mol. The van der Waals surface area contributed by atoms with Crippen LogP contribution in [0.1, 0.15) is 17.0 Å². The summed E-state index contributed by atoms with van der Waals surface area (Å²) in [7, 11) is 0.341. The van der Waals surface area contributed by atoms with Crippen molar-refractivity contribution in [2.24, 2.45) is 0 Å². The maximum absolute atomic E-state index is 12.7. The van der Waals surface area contributed by atoms with Gasteiger partial charge in [0, 0.05) is 44.1 Å². The van der Waals surface area contributed by atoms with Crippen LogP contribution in [-0.4, -0.2) is 86.4 Å². The molecule has 27 heavy (non-hydrogen) atoms. The van der Waals surface area contributed by atoms with E-state index in [1.807, 2.05) is 7.05 Å². The number of hydrogen-bond acceptors (Lipinski definition) is 8. The van der Waals surface area contributed by atoms with E-state index >= 15 is 0 Å². The number of thiazole rings is 1. The Hall–Kier alpha value is -1.56. The van der Waals surface area contributed by atoms with Gasteiger partial charge in [0.2, 0.25) is 0 Å². The normalized spacial score (nSPS) is 21.6. The van der Waals surface area contributed by atoms with Crippen molar-refractivity contribution in [2.75, 3.05) is 50.7 Å². The van der Waals surface area contributed by atoms with Crippen molar-refractivity contribution in [3.8, 4) is 0 Å². The predicted octanol–water partition coefficient (Wildman–Crippen LogP) is -0.268. The molecule has 0 aromatic carbocycles. The molecule has 0 spiro atoms. The molecule has 1 saturated heterocycles. The fourth-order valence-corrected chi connectivity index (χ4v) is 6.13. The fourth-order valence-electron chi connectivity index (χ4n) is 3.32. The Morgan fingerprint density at radius 1 is 1.44 bits per heavy atom. The quantitative estimate of drug-likeness (QED) is 0.658. The predicted molar refractivity (Wildman–Crippen MR) is 101 cm³/mol. The summed E-state index contributed by atoms with van der Waals surface area (Å²) in [5.74, 6) is -1.63. The van der Waals surface area contributed by atoms with Crippen LogP contribution in [0.2, 0.25) is 0 Å². The number of hydrogen-bond donors (Lipinski definition) is 1. The minimum atomic E-state index is -3.17. The number of ether oxygens (including phenoxy) is 1. The highest BCUT2D eigenvalue weighted by molar-refractivity contribution is 7.91. The Bertz CT molecular complexity index is 823. The summed E-state index contributed by atoms with van der Waals surface area (Å²) >= 11 is 1.37. The van der Waals surface area contributed by atoms with Crippen LogP contribution in [0.5, 0.6) is 0 Å². The standard InChI is InChI=1S/C16H24N4O5S2/c1-19-5-3-12-13(9-19)26-16(17-12)18-14(21)15(22)20(6-7-25-2)11-4-8-27(23,24)10-11/h11H,3-10H2,1-2H3,(H,17,18,21). The second kappa shape index (κ2) is 8.21. The lowest BCUT2D eigenvalue weighted by molar-refractivity contribution is -0.144. The number of aromatic nitrogens is 1. The number of fused-ring (bicyclic) bond motifs is 1. The number of nitrogens with zero attached hydrogens (tertiary/aromatic N) is 3. The van der Waals surface area contributed by atoms with Crippen LogP contribution in [0.15, 0.2) is 0 Å². The molecular weight excluding hydrogens is 392 g/mol. The number of carbonyl (C=O) groups is 2. The first-order valence-corrected chi connectivity index (χ1v) is 11.4. The van der Waals surface area contributed by atoms with Crippen LogP contribution in [0.25, 0.3) is 0 Å². The Balaban J connectivity index is 1.69. The van der Waals surface area contributed by atoms with Gasteiger partial charge in [-0.1, -0.05) is 0 Å². The highest BCUT2D eigenvalue weighted by Gasteiger charge is 2.37. The largest absolute Gasteiger partial charge is 0.383 e. The molecule has 3 rings (SSSR count). The van der Waals surface area contributed by atoms with Gasteiger partial charge in [0.25, 0.3) is 0 Å². The van der Waals surface area contributed by atoms with Crippen LogP contribution < -0.4 is 5.32 Å². The zero-order valence-electron chi connectivity index (χ0n) is 15.4. The van der Waals surface area contributed by atoms with Crippen molar-refractivity contribution in [1.29, 1.82) is 0 Å². The minimum Gasteiger partial charge on any atom is -0.383 e. The average Bonchev–Trinajstić information content (AvgIpc) is 3.16. The van der Waals surface area contributed by atoms with E-state index in [-0.39, 0.29) is 24.7 Å². The lowest BCUT2D eigenvalue weighted by Crippen LogP contribution is -2.47. The average molecular weight is 417 g/mol. The molecule has 0 radical (unpaired) electrons. The molecule has 1 atom stereocenters. The van der Waals surface area contributed by atoms with E-state index < -0.39 is 27.7 Å². The van der Waals surface area contributed by atoms with Crippen molar-refractivity contribution in [3.05, 3.63) is 10.6 Å². The Morgan fingerprint density at radius 2 is 2.22 bits per heavy atom. The Labute approximate surface area is 162 Å². The van der Waals surface area contributed by atoms with Crippen LogP contribution in [0.4, 0.5) is 5.13 Å². The molecule has 1 unspecified atom stereocenters. The second-order valence-corrected chi connectivity index (χ2v) is 10.2. The van der Waals surface area contributed by atoms with Crippen LogP contribution in [0.3, 0.4) is 0 Å². The first-order valence-electron chi connectivity index (χ1n) is 8.77. The number of carbonyl (C=O) groups excluding carboxylic acids is 2. The highest BCUT2D eigenvalue weighted by Crippen LogP contribution is 2.28. The van der Waals surface area contributed by atoms with Gasteiger partial charge in [-0.2, -0.15) is 0 Å². The van der Waals surface area contributed by atoms with Gasteiger partial charge in [0.05, 0.1) is 23.8 Å². The molecule has 2 amide bonds. The zero-order chi connectivity index (χ0) is 19.6. The Morgan fingerprint density at radius 3 is 2.89 bits per heavy atom. The minimum absolute atomic E-state index is 0.0305. The maximum atomic E-state index is 12.7. The van der Waals surface area contributed by atoms with Crippen molar-refractivity contribution in [2.45, 2.75) is 25.4 Å². The van der Waals surface area contributed by atoms with Gasteiger partial charge in [-0.25, -0.2) is 13.4 Å². The maximum Gasteiger partial charge on any atom is 0.315 e. The van der Waals surface area contributed by atoms with Crippen molar-refractivity contribution >= 4 is 38.1 Å². The summed E-state index contributed by atoms with van der Waals surface area (Å²) in [6.07, 6.45) is 1.15. The first kappa shape index (κ1) is 20.2. The summed E-state index contributed by atoms with van der Waals surface area (Å²) in [5.41, 5.74) is 0.957. The van der Waals surface area contributed by atoms with Gasteiger partial charge in [0.1, 0.15) is 0 Å². The second-order valence-electron chi connectivity index (χ2n) is 6.88. The summed E-state index contributed by atoms with van der Waals surface area (Å²) in [4.78, 5) is 34.1. The fraction of sp³-hybridized carbons (Fsp3) is 0.688. The molecule has 150 valence electrons. The van der Waals surface area contributed by atoms with Gasteiger partial charge in [-0.3, -0.25) is 14.9 Å². The third-order valence-corrected chi connectivity index (χ3v) is 7.53. The molecule has 2 aliphatic rings. The van der Waals surface area contributed by atoms with E-state index in [4.69, 9.17) is 4.74 Å². The summed E-state index contributed by atoms with van der Waals surface area (Å²) < 4.78 is 28.5. The lowest BCUT2D eigenvalue weighted by Gasteiger charge is -2.27. The van der Waals surface area contributed by atoms with Crippen molar-refractivity contribution in [3.63, 3.8) is 0 Å². The number of anilines is 1. The lowest BCUT2D eigenvalue weighted by atomic mass is 10.2. The molecule has 2 aliphatic heterocycles. The van der Waals surface area contributed by atoms with E-state index in [1.54, 1.807) is 0 Å². The highest BCUT2D eigenvalue weighted by atomic mass is 32.2. The number of nitrogens with one attached hydrogen (secondary N) is 1.